The Morgan fingerprint density at radius 2 is 2.00 bits per heavy atom. The molecule has 72 valence electrons. The van der Waals surface area contributed by atoms with Gasteiger partial charge in [0.2, 0.25) is 0 Å². The van der Waals surface area contributed by atoms with Crippen LogP contribution in [0.15, 0.2) is 34.8 Å². The number of rotatable bonds is 1. The molecule has 2 aromatic carbocycles. The molecule has 3 heteroatoms. The van der Waals surface area contributed by atoms with Gasteiger partial charge in [-0.15, -0.1) is 0 Å². The Kier molecular flexibility index (Phi) is 2.33. The third-order valence-electron chi connectivity index (χ3n) is 2.14. The molecule has 0 unspecified atom stereocenters. The third kappa shape index (κ3) is 1.44. The molecule has 0 aliphatic carbocycles. The summed E-state index contributed by atoms with van der Waals surface area (Å²) in [6.45, 7) is 0. The van der Waals surface area contributed by atoms with E-state index < -0.39 is 0 Å². The van der Waals surface area contributed by atoms with Crippen molar-refractivity contribution in [3.8, 4) is 11.5 Å². The average Bonchev–Trinajstić information content (AvgIpc) is 2.23. The Morgan fingerprint density at radius 3 is 2.71 bits per heavy atom. The number of hydrogen-bond acceptors (Lipinski definition) is 2. The van der Waals surface area contributed by atoms with Crippen LogP contribution in [0.2, 0.25) is 0 Å². The van der Waals surface area contributed by atoms with Gasteiger partial charge in [-0.2, -0.15) is 0 Å². The fraction of sp³-hybridized carbons (Fsp3) is 0.0909. The molecule has 0 aliphatic heterocycles. The smallest absolute Gasteiger partial charge is 0.130 e. The van der Waals surface area contributed by atoms with Gasteiger partial charge in [0.1, 0.15) is 11.5 Å². The van der Waals surface area contributed by atoms with Crippen LogP contribution in [0.5, 0.6) is 11.5 Å². The van der Waals surface area contributed by atoms with Crippen LogP contribution in [0.1, 0.15) is 0 Å². The molecule has 0 atom stereocenters. The number of phenols is 1. The topological polar surface area (TPSA) is 29.5 Å². The van der Waals surface area contributed by atoms with Gasteiger partial charge in [0.25, 0.3) is 0 Å². The predicted molar refractivity (Wildman–Crippen MR) is 59.9 cm³/mol. The van der Waals surface area contributed by atoms with E-state index in [1.54, 1.807) is 13.2 Å². The Hall–Kier alpha value is -1.22. The molecular weight excluding hydrogens is 244 g/mol. The Bertz CT molecular complexity index is 480. The lowest BCUT2D eigenvalue weighted by molar-refractivity contribution is 0.415. The highest BCUT2D eigenvalue weighted by molar-refractivity contribution is 9.10. The molecule has 2 aromatic rings. The summed E-state index contributed by atoms with van der Waals surface area (Å²) in [6.07, 6.45) is 0. The minimum Gasteiger partial charge on any atom is -0.507 e. The minimum absolute atomic E-state index is 0.252. The molecule has 0 saturated heterocycles. The predicted octanol–water partition coefficient (Wildman–Crippen LogP) is 3.32. The zero-order valence-corrected chi connectivity index (χ0v) is 9.21. The van der Waals surface area contributed by atoms with E-state index in [0.717, 1.165) is 21.0 Å². The first-order chi connectivity index (χ1) is 6.72. The van der Waals surface area contributed by atoms with Crippen LogP contribution in [0.3, 0.4) is 0 Å². The summed E-state index contributed by atoms with van der Waals surface area (Å²) < 4.78 is 5.83. The number of methoxy groups -OCH3 is 1. The molecule has 0 aromatic heterocycles. The Morgan fingerprint density at radius 1 is 1.21 bits per heavy atom. The van der Waals surface area contributed by atoms with Gasteiger partial charge in [0.15, 0.2) is 0 Å². The molecule has 14 heavy (non-hydrogen) atoms. The molecule has 0 fully saturated rings. The number of phenolic OH excluding ortho intramolecular Hbond substituents is 1. The Balaban J connectivity index is 2.74. The molecule has 2 rings (SSSR count). The fourth-order valence-electron chi connectivity index (χ4n) is 1.39. The summed E-state index contributed by atoms with van der Waals surface area (Å²) in [7, 11) is 1.64. The van der Waals surface area contributed by atoms with Crippen molar-refractivity contribution in [3.63, 3.8) is 0 Å². The van der Waals surface area contributed by atoms with Gasteiger partial charge in [-0.05, 0) is 51.0 Å². The van der Waals surface area contributed by atoms with Crippen molar-refractivity contribution >= 4 is 26.7 Å². The molecule has 2 nitrogen and oxygen atoms in total. The first-order valence-electron chi connectivity index (χ1n) is 4.17. The normalized spacial score (nSPS) is 10.4. The lowest BCUT2D eigenvalue weighted by Gasteiger charge is -2.05. The van der Waals surface area contributed by atoms with Gasteiger partial charge >= 0.3 is 0 Å². The molecule has 0 radical (unpaired) electrons. The van der Waals surface area contributed by atoms with E-state index >= 15 is 0 Å². The summed E-state index contributed by atoms with van der Waals surface area (Å²) >= 11 is 3.34. The van der Waals surface area contributed by atoms with E-state index in [1.165, 1.54) is 0 Å². The summed E-state index contributed by atoms with van der Waals surface area (Å²) in [4.78, 5) is 0. The fourth-order valence-corrected chi connectivity index (χ4v) is 1.88. The van der Waals surface area contributed by atoms with Crippen LogP contribution >= 0.6 is 15.9 Å². The summed E-state index contributed by atoms with van der Waals surface area (Å²) in [5.74, 6) is 1.07. The van der Waals surface area contributed by atoms with Gasteiger partial charge in [0.05, 0.1) is 11.6 Å². The largest absolute Gasteiger partial charge is 0.507 e. The molecule has 1 N–H and O–H groups in total. The van der Waals surface area contributed by atoms with E-state index in [-0.39, 0.29) is 5.75 Å². The maximum Gasteiger partial charge on any atom is 0.130 e. The van der Waals surface area contributed by atoms with Crippen LogP contribution < -0.4 is 4.74 Å². The number of benzene rings is 2. The quantitative estimate of drug-likeness (QED) is 0.844. The van der Waals surface area contributed by atoms with Crippen LogP contribution in [0.25, 0.3) is 10.8 Å². The van der Waals surface area contributed by atoms with Crippen LogP contribution in [0, 0.1) is 0 Å². The lowest BCUT2D eigenvalue weighted by atomic mass is 10.1. The van der Waals surface area contributed by atoms with Crippen molar-refractivity contribution in [2.45, 2.75) is 0 Å². The van der Waals surface area contributed by atoms with Gasteiger partial charge in [-0.25, -0.2) is 0 Å². The number of aromatic hydroxyl groups is 1. The summed E-state index contributed by atoms with van der Waals surface area (Å²) in [6, 6.07) is 9.23. The van der Waals surface area contributed by atoms with Gasteiger partial charge in [-0.3, -0.25) is 0 Å². The second-order valence-corrected chi connectivity index (χ2v) is 3.78. The molecular formula is C11H9BrO2. The number of halogens is 1. The highest BCUT2D eigenvalue weighted by Crippen LogP contribution is 2.33. The van der Waals surface area contributed by atoms with Crippen molar-refractivity contribution < 1.29 is 9.84 Å². The summed E-state index contributed by atoms with van der Waals surface area (Å²) in [5, 5.41) is 11.5. The zero-order chi connectivity index (χ0) is 10.1. The van der Waals surface area contributed by atoms with Crippen molar-refractivity contribution in [1.29, 1.82) is 0 Å². The number of fused-ring (bicyclic) bond motifs is 1. The van der Waals surface area contributed by atoms with E-state index in [4.69, 9.17) is 4.74 Å². The first-order valence-corrected chi connectivity index (χ1v) is 4.97. The monoisotopic (exact) mass is 252 g/mol. The zero-order valence-electron chi connectivity index (χ0n) is 7.62. The van der Waals surface area contributed by atoms with E-state index in [0.29, 0.717) is 0 Å². The molecule has 0 spiro atoms. The number of hydrogen-bond donors (Lipinski definition) is 1. The standard InChI is InChI=1S/C11H9BrO2/c1-14-8-3-4-9-7(6-8)2-5-10(13)11(9)12/h2-6,13H,1H3. The summed E-state index contributed by atoms with van der Waals surface area (Å²) in [5.41, 5.74) is 0. The average molecular weight is 253 g/mol. The van der Waals surface area contributed by atoms with Gasteiger partial charge < -0.3 is 9.84 Å². The third-order valence-corrected chi connectivity index (χ3v) is 2.97. The van der Waals surface area contributed by atoms with Crippen molar-refractivity contribution in [2.24, 2.45) is 0 Å². The highest BCUT2D eigenvalue weighted by Gasteiger charge is 2.04. The Labute approximate surface area is 90.3 Å². The van der Waals surface area contributed by atoms with E-state index in [9.17, 15) is 5.11 Å². The van der Waals surface area contributed by atoms with Crippen LogP contribution in [0.4, 0.5) is 0 Å². The van der Waals surface area contributed by atoms with E-state index in [1.807, 2.05) is 24.3 Å². The molecule has 0 amide bonds. The van der Waals surface area contributed by atoms with E-state index in [2.05, 4.69) is 15.9 Å². The van der Waals surface area contributed by atoms with Crippen molar-refractivity contribution in [2.75, 3.05) is 7.11 Å². The second kappa shape index (κ2) is 3.50. The van der Waals surface area contributed by atoms with Crippen molar-refractivity contribution in [1.82, 2.24) is 0 Å². The first kappa shape index (κ1) is 9.34. The van der Waals surface area contributed by atoms with Crippen LogP contribution in [-0.4, -0.2) is 12.2 Å². The second-order valence-electron chi connectivity index (χ2n) is 2.99. The van der Waals surface area contributed by atoms with Gasteiger partial charge in [-0.1, -0.05) is 6.07 Å². The molecule has 0 bridgehead atoms. The van der Waals surface area contributed by atoms with Crippen molar-refractivity contribution in [3.05, 3.63) is 34.8 Å². The molecule has 0 saturated carbocycles. The van der Waals surface area contributed by atoms with Gasteiger partial charge in [0, 0.05) is 0 Å². The number of ether oxygens (including phenoxy) is 1. The SMILES string of the molecule is COc1ccc2c(Br)c(O)ccc2c1. The lowest BCUT2D eigenvalue weighted by Crippen LogP contribution is -1.82. The minimum atomic E-state index is 0.252. The maximum absolute atomic E-state index is 9.47. The maximum atomic E-state index is 9.47. The molecule has 0 heterocycles. The van der Waals surface area contributed by atoms with Crippen LogP contribution in [-0.2, 0) is 0 Å². The highest BCUT2D eigenvalue weighted by atomic mass is 79.9. The molecule has 0 aliphatic rings.